The highest BCUT2D eigenvalue weighted by molar-refractivity contribution is 6.32. The molecule has 0 unspecified atom stereocenters. The first-order valence-corrected chi connectivity index (χ1v) is 4.08. The molecule has 1 rings (SSSR count). The molecule has 80 valence electrons. The van der Waals surface area contributed by atoms with Gasteiger partial charge in [0.05, 0.1) is 14.2 Å². The first kappa shape index (κ1) is 11.1. The van der Waals surface area contributed by atoms with Gasteiger partial charge in [0, 0.05) is 0 Å². The summed E-state index contributed by atoms with van der Waals surface area (Å²) in [5.41, 5.74) is -0.360. The van der Waals surface area contributed by atoms with Crippen molar-refractivity contribution in [2.75, 3.05) is 14.2 Å². The highest BCUT2D eigenvalue weighted by Crippen LogP contribution is 2.09. The number of Topliss-reactive ketones (excluding diaryl/α,β-unsaturated/α-hetero) is 1. The molecule has 1 heterocycles. The van der Waals surface area contributed by atoms with E-state index in [1.54, 1.807) is 0 Å². The Hall–Kier alpha value is -1.95. The van der Waals surface area contributed by atoms with Gasteiger partial charge in [-0.1, -0.05) is 0 Å². The van der Waals surface area contributed by atoms with Crippen LogP contribution < -0.4 is 5.32 Å². The zero-order valence-corrected chi connectivity index (χ0v) is 8.27. The number of carbonyl (C=O) groups excluding carboxylic acids is 3. The van der Waals surface area contributed by atoms with Gasteiger partial charge in [0.15, 0.2) is 11.1 Å². The molecule has 1 aliphatic rings. The van der Waals surface area contributed by atoms with E-state index in [-0.39, 0.29) is 11.1 Å². The summed E-state index contributed by atoms with van der Waals surface area (Å²) < 4.78 is 8.79. The maximum Gasteiger partial charge on any atom is 0.347 e. The summed E-state index contributed by atoms with van der Waals surface area (Å²) in [6.45, 7) is 0. The lowest BCUT2D eigenvalue weighted by molar-refractivity contribution is -0.515. The van der Waals surface area contributed by atoms with E-state index in [2.05, 4.69) is 9.47 Å². The molecule has 6 nitrogen and oxygen atoms in total. The number of hydrogen-bond acceptors (Lipinski definition) is 5. The normalized spacial score (nSPS) is 15.2. The Labute approximate surface area is 85.5 Å². The zero-order valence-electron chi connectivity index (χ0n) is 8.27. The molecule has 0 amide bonds. The number of methoxy groups -OCH3 is 2. The second-order valence-electron chi connectivity index (χ2n) is 2.67. The van der Waals surface area contributed by atoms with Crippen molar-refractivity contribution in [2.45, 2.75) is 0 Å². The highest BCUT2D eigenvalue weighted by atomic mass is 16.5. The number of ether oxygens (including phenoxy) is 2. The van der Waals surface area contributed by atoms with E-state index in [0.29, 0.717) is 0 Å². The van der Waals surface area contributed by atoms with E-state index >= 15 is 0 Å². The molecule has 6 heteroatoms. The van der Waals surface area contributed by atoms with Crippen LogP contribution in [0.15, 0.2) is 23.5 Å². The predicted molar refractivity (Wildman–Crippen MR) is 47.1 cm³/mol. The van der Waals surface area contributed by atoms with Gasteiger partial charge in [-0.25, -0.2) is 9.59 Å². The van der Waals surface area contributed by atoms with Crippen molar-refractivity contribution in [3.05, 3.63) is 23.5 Å². The molecule has 2 N–H and O–H groups in total. The number of nitrogens with two attached hydrogens (primary N) is 1. The van der Waals surface area contributed by atoms with Crippen LogP contribution in [0.3, 0.4) is 0 Å². The summed E-state index contributed by atoms with van der Waals surface area (Å²) in [4.78, 5) is 33.8. The van der Waals surface area contributed by atoms with Crippen molar-refractivity contribution >= 4 is 17.7 Å². The Bertz CT molecular complexity index is 346. The average Bonchev–Trinajstić information content (AvgIpc) is 2.27. The second-order valence-corrected chi connectivity index (χ2v) is 2.67. The van der Waals surface area contributed by atoms with Crippen LogP contribution in [-0.4, -0.2) is 31.9 Å². The molecule has 0 bridgehead atoms. The van der Waals surface area contributed by atoms with E-state index in [0.717, 1.165) is 14.2 Å². The minimum Gasteiger partial charge on any atom is -0.465 e. The van der Waals surface area contributed by atoms with Gasteiger partial charge in [0.1, 0.15) is 12.4 Å². The van der Waals surface area contributed by atoms with E-state index in [1.165, 1.54) is 17.7 Å². The molecule has 0 aliphatic carbocycles. The molecule has 0 saturated heterocycles. The van der Waals surface area contributed by atoms with Gasteiger partial charge in [0.25, 0.3) is 0 Å². The molecule has 0 aromatic heterocycles. The first-order valence-electron chi connectivity index (χ1n) is 4.08. The summed E-state index contributed by atoms with van der Waals surface area (Å²) in [6.07, 6.45) is 2.58. The molecular weight excluding hydrogens is 202 g/mol. The van der Waals surface area contributed by atoms with Gasteiger partial charge in [-0.3, -0.25) is 10.1 Å². The number of carbonyl (C=O) groups is 3. The molecule has 0 fully saturated rings. The Kier molecular flexibility index (Phi) is 3.35. The lowest BCUT2D eigenvalue weighted by Gasteiger charge is -2.08. The Morgan fingerprint density at radius 2 is 1.47 bits per heavy atom. The smallest absolute Gasteiger partial charge is 0.347 e. The van der Waals surface area contributed by atoms with Gasteiger partial charge in [-0.05, 0) is 0 Å². The lowest BCUT2D eigenvalue weighted by Crippen LogP contribution is -2.73. The average molecular weight is 212 g/mol. The molecule has 0 saturated carbocycles. The maximum atomic E-state index is 11.6. The van der Waals surface area contributed by atoms with E-state index < -0.39 is 17.7 Å². The Morgan fingerprint density at radius 3 is 1.80 bits per heavy atom. The Balaban J connectivity index is 2.93. The topological polar surface area (TPSA) is 86.3 Å². The van der Waals surface area contributed by atoms with Crippen LogP contribution in [0.5, 0.6) is 0 Å². The Morgan fingerprint density at radius 1 is 1.07 bits per heavy atom. The summed E-state index contributed by atoms with van der Waals surface area (Å²) in [5, 5.41) is 1.42. The standard InChI is InChI=1S/C9H9NO5/c1-14-8(12)5-3-10-4-6(7(5)11)9(13)15-2/h3-4H,1-2H3,(H,10,11)/p+1. The highest BCUT2D eigenvalue weighted by Gasteiger charge is 2.32. The SMILES string of the molecule is COC(=O)C1=C[NH2+]C=C(C(=O)OC)C1=O. The quantitative estimate of drug-likeness (QED) is 0.433. The fourth-order valence-electron chi connectivity index (χ4n) is 1.08. The van der Waals surface area contributed by atoms with Crippen molar-refractivity contribution < 1.29 is 29.2 Å². The summed E-state index contributed by atoms with van der Waals surface area (Å²) >= 11 is 0. The second kappa shape index (κ2) is 4.52. The van der Waals surface area contributed by atoms with E-state index in [1.807, 2.05) is 0 Å². The summed E-state index contributed by atoms with van der Waals surface area (Å²) in [5.74, 6) is -2.23. The fraction of sp³-hybridized carbons (Fsp3) is 0.222. The molecule has 15 heavy (non-hydrogen) atoms. The van der Waals surface area contributed by atoms with Gasteiger partial charge in [-0.15, -0.1) is 0 Å². The van der Waals surface area contributed by atoms with Crippen LogP contribution in [0.2, 0.25) is 0 Å². The molecule has 0 aromatic carbocycles. The lowest BCUT2D eigenvalue weighted by atomic mass is 10.0. The van der Waals surface area contributed by atoms with Crippen molar-refractivity contribution in [1.29, 1.82) is 0 Å². The summed E-state index contributed by atoms with van der Waals surface area (Å²) in [6, 6.07) is 0. The van der Waals surface area contributed by atoms with Crippen LogP contribution in [0.4, 0.5) is 0 Å². The predicted octanol–water partition coefficient (Wildman–Crippen LogP) is -1.75. The van der Waals surface area contributed by atoms with E-state index in [9.17, 15) is 14.4 Å². The molecule has 0 atom stereocenters. The minimum absolute atomic E-state index is 0.180. The fourth-order valence-corrected chi connectivity index (χ4v) is 1.08. The van der Waals surface area contributed by atoms with Crippen LogP contribution in [0, 0.1) is 0 Å². The first-order chi connectivity index (χ1) is 7.11. The monoisotopic (exact) mass is 212 g/mol. The minimum atomic E-state index is -0.772. The number of esters is 2. The number of ketones is 1. The van der Waals surface area contributed by atoms with Crippen LogP contribution >= 0.6 is 0 Å². The third kappa shape index (κ3) is 2.10. The molecule has 1 aliphatic heterocycles. The zero-order chi connectivity index (χ0) is 11.4. The number of quaternary nitrogens is 1. The molecule has 0 radical (unpaired) electrons. The van der Waals surface area contributed by atoms with Gasteiger partial charge >= 0.3 is 11.9 Å². The molecule has 0 spiro atoms. The van der Waals surface area contributed by atoms with Crippen molar-refractivity contribution in [1.82, 2.24) is 0 Å². The van der Waals surface area contributed by atoms with Crippen LogP contribution in [-0.2, 0) is 23.9 Å². The molecule has 0 aromatic rings. The molecular formula is C9H10NO5+. The van der Waals surface area contributed by atoms with Gasteiger partial charge < -0.3 is 9.47 Å². The largest absolute Gasteiger partial charge is 0.465 e. The third-order valence-electron chi connectivity index (χ3n) is 1.83. The van der Waals surface area contributed by atoms with E-state index in [4.69, 9.17) is 0 Å². The summed E-state index contributed by atoms with van der Waals surface area (Å²) in [7, 11) is 2.32. The van der Waals surface area contributed by atoms with Crippen LogP contribution in [0.25, 0.3) is 0 Å². The maximum absolute atomic E-state index is 11.6. The number of rotatable bonds is 2. The van der Waals surface area contributed by atoms with Crippen molar-refractivity contribution in [2.24, 2.45) is 0 Å². The van der Waals surface area contributed by atoms with Crippen molar-refractivity contribution in [3.8, 4) is 0 Å². The van der Waals surface area contributed by atoms with Crippen molar-refractivity contribution in [3.63, 3.8) is 0 Å². The van der Waals surface area contributed by atoms with Gasteiger partial charge in [0.2, 0.25) is 5.78 Å². The van der Waals surface area contributed by atoms with Gasteiger partial charge in [-0.2, -0.15) is 0 Å². The van der Waals surface area contributed by atoms with Crippen LogP contribution in [0.1, 0.15) is 0 Å². The third-order valence-corrected chi connectivity index (χ3v) is 1.83. The number of hydrogen-bond donors (Lipinski definition) is 1.